The van der Waals surface area contributed by atoms with Crippen LogP contribution in [-0.4, -0.2) is 26.8 Å². The van der Waals surface area contributed by atoms with Crippen LogP contribution in [0.3, 0.4) is 0 Å². The molecule has 16 heavy (non-hydrogen) atoms. The summed E-state index contributed by atoms with van der Waals surface area (Å²) >= 11 is 0. The summed E-state index contributed by atoms with van der Waals surface area (Å²) in [6.45, 7) is 3.51. The van der Waals surface area contributed by atoms with Gasteiger partial charge in [-0.3, -0.25) is 0 Å². The summed E-state index contributed by atoms with van der Waals surface area (Å²) in [6, 6.07) is 6.82. The number of benzene rings is 1. The van der Waals surface area contributed by atoms with Crippen molar-refractivity contribution in [1.29, 1.82) is 0 Å². The summed E-state index contributed by atoms with van der Waals surface area (Å²) in [5.74, 6) is 1.73. The zero-order valence-electron chi connectivity index (χ0n) is 9.99. The Balaban J connectivity index is 1.89. The molecule has 2 aliphatic rings. The standard InChI is InChI=1S/C13H17NO2/c1-13-7-12(13)14(8-13)9-4-10(15-2)6-11(5-9)16-3/h4-6,12H,7-8H2,1-3H3/t12-,13-/m1/s1. The maximum absolute atomic E-state index is 5.28. The van der Waals surface area contributed by atoms with E-state index in [1.165, 1.54) is 12.1 Å². The number of rotatable bonds is 3. The molecule has 1 aliphatic carbocycles. The molecular weight excluding hydrogens is 202 g/mol. The smallest absolute Gasteiger partial charge is 0.124 e. The maximum Gasteiger partial charge on any atom is 0.124 e. The molecule has 0 amide bonds. The Hall–Kier alpha value is -1.38. The second-order valence-electron chi connectivity index (χ2n) is 5.07. The molecule has 0 bridgehead atoms. The Kier molecular flexibility index (Phi) is 1.88. The SMILES string of the molecule is COc1cc(OC)cc(N2C[C@@]3(C)C[C@@H]23)c1. The van der Waals surface area contributed by atoms with E-state index in [0.29, 0.717) is 5.41 Å². The van der Waals surface area contributed by atoms with Gasteiger partial charge in [0.25, 0.3) is 0 Å². The number of methoxy groups -OCH3 is 2. The van der Waals surface area contributed by atoms with Crippen LogP contribution in [0, 0.1) is 5.41 Å². The normalized spacial score (nSPS) is 30.4. The fraction of sp³-hybridized carbons (Fsp3) is 0.538. The van der Waals surface area contributed by atoms with E-state index < -0.39 is 0 Å². The van der Waals surface area contributed by atoms with E-state index in [-0.39, 0.29) is 0 Å². The minimum Gasteiger partial charge on any atom is -0.497 e. The molecular formula is C13H17NO2. The molecule has 1 aromatic carbocycles. The van der Waals surface area contributed by atoms with Crippen LogP contribution in [-0.2, 0) is 0 Å². The zero-order valence-corrected chi connectivity index (χ0v) is 9.99. The molecule has 2 atom stereocenters. The quantitative estimate of drug-likeness (QED) is 0.778. The van der Waals surface area contributed by atoms with Gasteiger partial charge in [-0.2, -0.15) is 0 Å². The van der Waals surface area contributed by atoms with E-state index in [2.05, 4.69) is 24.0 Å². The molecule has 1 aliphatic heterocycles. The molecule has 1 saturated heterocycles. The van der Waals surface area contributed by atoms with Crippen LogP contribution < -0.4 is 14.4 Å². The highest BCUT2D eigenvalue weighted by Crippen LogP contribution is 2.60. The van der Waals surface area contributed by atoms with Crippen molar-refractivity contribution < 1.29 is 9.47 Å². The van der Waals surface area contributed by atoms with Gasteiger partial charge in [-0.15, -0.1) is 0 Å². The van der Waals surface area contributed by atoms with Gasteiger partial charge in [0, 0.05) is 41.9 Å². The van der Waals surface area contributed by atoms with Crippen molar-refractivity contribution in [2.24, 2.45) is 5.41 Å². The van der Waals surface area contributed by atoms with Crippen LogP contribution in [0.1, 0.15) is 13.3 Å². The molecule has 3 rings (SSSR count). The maximum atomic E-state index is 5.28. The minimum absolute atomic E-state index is 0.594. The monoisotopic (exact) mass is 219 g/mol. The molecule has 0 radical (unpaired) electrons. The van der Waals surface area contributed by atoms with Gasteiger partial charge >= 0.3 is 0 Å². The van der Waals surface area contributed by atoms with E-state index in [4.69, 9.17) is 9.47 Å². The van der Waals surface area contributed by atoms with Crippen molar-refractivity contribution in [1.82, 2.24) is 0 Å². The highest BCUT2D eigenvalue weighted by Gasteiger charge is 2.63. The highest BCUT2D eigenvalue weighted by atomic mass is 16.5. The first-order valence-electron chi connectivity index (χ1n) is 5.66. The Morgan fingerprint density at radius 1 is 1.19 bits per heavy atom. The van der Waals surface area contributed by atoms with Crippen molar-refractivity contribution >= 4 is 5.69 Å². The predicted molar refractivity (Wildman–Crippen MR) is 63.4 cm³/mol. The van der Waals surface area contributed by atoms with E-state index in [1.807, 2.05) is 6.07 Å². The largest absolute Gasteiger partial charge is 0.497 e. The second kappa shape index (κ2) is 3.06. The van der Waals surface area contributed by atoms with E-state index in [9.17, 15) is 0 Å². The van der Waals surface area contributed by atoms with Gasteiger partial charge in [-0.25, -0.2) is 0 Å². The number of fused-ring (bicyclic) bond motifs is 1. The lowest BCUT2D eigenvalue weighted by Crippen LogP contribution is -2.45. The number of nitrogens with zero attached hydrogens (tertiary/aromatic N) is 1. The summed E-state index contributed by atoms with van der Waals surface area (Å²) in [7, 11) is 3.38. The molecule has 1 heterocycles. The van der Waals surface area contributed by atoms with Crippen molar-refractivity contribution in [2.45, 2.75) is 19.4 Å². The van der Waals surface area contributed by atoms with Gasteiger partial charge in [0.05, 0.1) is 14.2 Å². The molecule has 0 aromatic heterocycles. The molecule has 0 unspecified atom stereocenters. The Morgan fingerprint density at radius 3 is 2.19 bits per heavy atom. The molecule has 2 fully saturated rings. The van der Waals surface area contributed by atoms with Crippen LogP contribution in [0.5, 0.6) is 11.5 Å². The number of hydrogen-bond donors (Lipinski definition) is 0. The minimum atomic E-state index is 0.594. The fourth-order valence-electron chi connectivity index (χ4n) is 2.66. The first-order chi connectivity index (χ1) is 7.66. The van der Waals surface area contributed by atoms with Crippen molar-refractivity contribution in [3.8, 4) is 11.5 Å². The lowest BCUT2D eigenvalue weighted by Gasteiger charge is -2.38. The van der Waals surface area contributed by atoms with Crippen LogP contribution in [0.25, 0.3) is 0 Å². The van der Waals surface area contributed by atoms with Crippen molar-refractivity contribution in [3.05, 3.63) is 18.2 Å². The topological polar surface area (TPSA) is 21.7 Å². The Bertz CT molecular complexity index is 410. The van der Waals surface area contributed by atoms with Gasteiger partial charge in [0.15, 0.2) is 0 Å². The zero-order chi connectivity index (χ0) is 11.3. The van der Waals surface area contributed by atoms with Gasteiger partial charge in [-0.1, -0.05) is 6.92 Å². The van der Waals surface area contributed by atoms with Gasteiger partial charge in [-0.05, 0) is 6.42 Å². The summed E-state index contributed by atoms with van der Waals surface area (Å²) in [5, 5.41) is 0. The van der Waals surface area contributed by atoms with E-state index in [1.54, 1.807) is 14.2 Å². The molecule has 3 nitrogen and oxygen atoms in total. The van der Waals surface area contributed by atoms with Gasteiger partial charge in [0.2, 0.25) is 0 Å². The summed E-state index contributed by atoms with van der Waals surface area (Å²) in [4.78, 5) is 2.44. The Labute approximate surface area is 96.0 Å². The van der Waals surface area contributed by atoms with Crippen LogP contribution >= 0.6 is 0 Å². The lowest BCUT2D eigenvalue weighted by molar-refractivity contribution is 0.390. The highest BCUT2D eigenvalue weighted by molar-refractivity contribution is 5.61. The number of anilines is 1. The van der Waals surface area contributed by atoms with Crippen molar-refractivity contribution in [2.75, 3.05) is 25.7 Å². The van der Waals surface area contributed by atoms with E-state index in [0.717, 1.165) is 24.1 Å². The molecule has 0 spiro atoms. The summed E-state index contributed by atoms with van der Waals surface area (Å²) < 4.78 is 10.6. The molecule has 86 valence electrons. The third-order valence-corrected chi connectivity index (χ3v) is 3.88. The van der Waals surface area contributed by atoms with Crippen LogP contribution in [0.4, 0.5) is 5.69 Å². The van der Waals surface area contributed by atoms with Crippen LogP contribution in [0.2, 0.25) is 0 Å². The molecule has 3 heteroatoms. The first-order valence-corrected chi connectivity index (χ1v) is 5.66. The lowest BCUT2D eigenvalue weighted by atomic mass is 10.00. The van der Waals surface area contributed by atoms with Crippen molar-refractivity contribution in [3.63, 3.8) is 0 Å². The van der Waals surface area contributed by atoms with Gasteiger partial charge in [0.1, 0.15) is 11.5 Å². The van der Waals surface area contributed by atoms with Gasteiger partial charge < -0.3 is 14.4 Å². The molecule has 1 saturated carbocycles. The Morgan fingerprint density at radius 2 is 1.81 bits per heavy atom. The number of ether oxygens (including phenoxy) is 2. The number of hydrogen-bond acceptors (Lipinski definition) is 3. The average Bonchev–Trinajstić information content (AvgIpc) is 2.83. The third kappa shape index (κ3) is 1.27. The molecule has 0 N–H and O–H groups in total. The first kappa shape index (κ1) is 9.82. The fourth-order valence-corrected chi connectivity index (χ4v) is 2.66. The summed E-state index contributed by atoms with van der Waals surface area (Å²) in [5.41, 5.74) is 1.81. The summed E-state index contributed by atoms with van der Waals surface area (Å²) in [6.07, 6.45) is 1.33. The van der Waals surface area contributed by atoms with Crippen LogP contribution in [0.15, 0.2) is 18.2 Å². The average molecular weight is 219 g/mol. The predicted octanol–water partition coefficient (Wildman–Crippen LogP) is 2.30. The molecule has 1 aromatic rings. The third-order valence-electron chi connectivity index (χ3n) is 3.88. The van der Waals surface area contributed by atoms with E-state index >= 15 is 0 Å². The second-order valence-corrected chi connectivity index (χ2v) is 5.07.